The molecule has 1 saturated carbocycles. The minimum Gasteiger partial charge on any atom is -0.487 e. The highest BCUT2D eigenvalue weighted by atomic mass is 16.5. The molecule has 0 saturated heterocycles. The first kappa shape index (κ1) is 26.2. The van der Waals surface area contributed by atoms with Crippen molar-refractivity contribution in [1.29, 1.82) is 0 Å². The topological polar surface area (TPSA) is 110 Å². The van der Waals surface area contributed by atoms with E-state index in [2.05, 4.69) is 17.2 Å². The third kappa shape index (κ3) is 4.65. The van der Waals surface area contributed by atoms with Crippen LogP contribution in [0.4, 0.5) is 0 Å². The summed E-state index contributed by atoms with van der Waals surface area (Å²) in [7, 11) is 0. The van der Waals surface area contributed by atoms with Crippen molar-refractivity contribution in [2.45, 2.75) is 83.5 Å². The molecule has 1 aliphatic carbocycles. The number of fused-ring (bicyclic) bond motifs is 1. The van der Waals surface area contributed by atoms with Crippen LogP contribution in [0.1, 0.15) is 83.5 Å². The Hall–Kier alpha value is -3.42. The third-order valence-corrected chi connectivity index (χ3v) is 8.78. The number of carbonyl (C=O) groups excluding carboxylic acids is 2. The molecule has 0 bridgehead atoms. The Bertz CT molecular complexity index is 1240. The first-order valence-corrected chi connectivity index (χ1v) is 13.8. The fraction of sp³-hybridized carbons (Fsp3) is 0.533. The van der Waals surface area contributed by atoms with Gasteiger partial charge in [0.15, 0.2) is 5.96 Å². The highest BCUT2D eigenvalue weighted by Gasteiger charge is 2.59. The van der Waals surface area contributed by atoms with Gasteiger partial charge in [0.05, 0.1) is 24.0 Å². The molecular formula is C30H39N5O3. The van der Waals surface area contributed by atoms with E-state index in [1.807, 2.05) is 64.1 Å². The van der Waals surface area contributed by atoms with Gasteiger partial charge in [-0.3, -0.25) is 19.5 Å². The van der Waals surface area contributed by atoms with Crippen molar-refractivity contribution < 1.29 is 14.3 Å². The van der Waals surface area contributed by atoms with Crippen molar-refractivity contribution in [2.75, 3.05) is 0 Å². The average molecular weight is 518 g/mol. The fourth-order valence-corrected chi connectivity index (χ4v) is 6.47. The van der Waals surface area contributed by atoms with Gasteiger partial charge in [0.25, 0.3) is 0 Å². The number of nitrogens with one attached hydrogen (secondary N) is 1. The number of pyridine rings is 1. The van der Waals surface area contributed by atoms with Crippen LogP contribution in [0.25, 0.3) is 0 Å². The number of amides is 2. The molecule has 1 aromatic heterocycles. The second-order valence-corrected chi connectivity index (χ2v) is 11.7. The van der Waals surface area contributed by atoms with Crippen molar-refractivity contribution >= 4 is 17.8 Å². The number of para-hydroxylation sites is 1. The van der Waals surface area contributed by atoms with E-state index in [9.17, 15) is 9.59 Å². The molecule has 3 heterocycles. The maximum atomic E-state index is 13.8. The van der Waals surface area contributed by atoms with E-state index in [0.29, 0.717) is 12.8 Å². The molecule has 0 radical (unpaired) electrons. The number of rotatable bonds is 7. The number of nitrogens with zero attached hydrogens (tertiary/aromatic N) is 3. The number of hydrogen-bond acceptors (Lipinski definition) is 6. The van der Waals surface area contributed by atoms with Gasteiger partial charge in [-0.05, 0) is 56.2 Å². The molecule has 2 aromatic rings. The molecule has 3 aliphatic rings. The number of nitrogens with two attached hydrogens (primary N) is 1. The molecule has 2 amide bonds. The zero-order valence-electron chi connectivity index (χ0n) is 23.0. The quantitative estimate of drug-likeness (QED) is 0.561. The van der Waals surface area contributed by atoms with Gasteiger partial charge in [0, 0.05) is 30.3 Å². The SMILES string of the molecule is CCC1(CC)CC(=O)N(C(c2cccnc2)C2C(C)C2C(=O)NC2CC(C)(C)Oc3ccccc32)C(N)=N1. The van der Waals surface area contributed by atoms with Crippen LogP contribution in [-0.2, 0) is 9.59 Å². The molecule has 202 valence electrons. The summed E-state index contributed by atoms with van der Waals surface area (Å²) in [5.74, 6) is 0.684. The molecule has 1 aromatic carbocycles. The van der Waals surface area contributed by atoms with Gasteiger partial charge in [-0.25, -0.2) is 4.99 Å². The summed E-state index contributed by atoms with van der Waals surface area (Å²) in [6.07, 6.45) is 5.95. The van der Waals surface area contributed by atoms with Gasteiger partial charge in [-0.1, -0.05) is 45.0 Å². The molecule has 5 rings (SSSR count). The van der Waals surface area contributed by atoms with Gasteiger partial charge in [-0.15, -0.1) is 0 Å². The van der Waals surface area contributed by atoms with Crippen LogP contribution in [0.15, 0.2) is 53.8 Å². The summed E-state index contributed by atoms with van der Waals surface area (Å²) >= 11 is 0. The molecule has 5 atom stereocenters. The molecule has 1 fully saturated rings. The van der Waals surface area contributed by atoms with Crippen molar-refractivity contribution in [3.63, 3.8) is 0 Å². The van der Waals surface area contributed by atoms with Crippen molar-refractivity contribution in [3.05, 3.63) is 59.9 Å². The van der Waals surface area contributed by atoms with Crippen molar-refractivity contribution in [1.82, 2.24) is 15.2 Å². The first-order chi connectivity index (χ1) is 18.1. The molecular weight excluding hydrogens is 478 g/mol. The third-order valence-electron chi connectivity index (χ3n) is 8.78. The second-order valence-electron chi connectivity index (χ2n) is 11.7. The number of ether oxygens (including phenoxy) is 1. The highest BCUT2D eigenvalue weighted by Crippen LogP contribution is 2.56. The summed E-state index contributed by atoms with van der Waals surface area (Å²) in [5.41, 5.74) is 7.52. The van der Waals surface area contributed by atoms with E-state index in [1.165, 1.54) is 0 Å². The minimum absolute atomic E-state index is 0.00896. The Morgan fingerprint density at radius 1 is 1.21 bits per heavy atom. The van der Waals surface area contributed by atoms with Crippen molar-refractivity contribution in [2.24, 2.45) is 28.5 Å². The summed E-state index contributed by atoms with van der Waals surface area (Å²) in [6, 6.07) is 11.1. The summed E-state index contributed by atoms with van der Waals surface area (Å²) < 4.78 is 6.15. The number of benzene rings is 1. The maximum Gasteiger partial charge on any atom is 0.232 e. The van der Waals surface area contributed by atoms with E-state index in [-0.39, 0.29) is 41.6 Å². The van der Waals surface area contributed by atoms with Gasteiger partial charge in [-0.2, -0.15) is 0 Å². The van der Waals surface area contributed by atoms with Crippen LogP contribution in [-0.4, -0.2) is 38.8 Å². The average Bonchev–Trinajstić information content (AvgIpc) is 3.55. The lowest BCUT2D eigenvalue weighted by molar-refractivity contribution is -0.132. The Balaban J connectivity index is 1.43. The standard InChI is InChI=1S/C30H39N5O3/c1-6-30(7-2)16-23(36)35(28(31)34-30)26(19-11-10-14-32-17-19)24-18(3)25(24)27(37)33-21-15-29(4,5)38-22-13-9-8-12-20(21)22/h8-14,17-18,21,24-26H,6-7,15-16H2,1-5H3,(H2,31,34)(H,33,37). The Morgan fingerprint density at radius 3 is 2.61 bits per heavy atom. The molecule has 38 heavy (non-hydrogen) atoms. The Morgan fingerprint density at radius 2 is 1.95 bits per heavy atom. The number of guanidine groups is 1. The van der Waals surface area contributed by atoms with Crippen LogP contribution in [0, 0.1) is 17.8 Å². The molecule has 0 spiro atoms. The Kier molecular flexibility index (Phi) is 6.70. The van der Waals surface area contributed by atoms with Gasteiger partial charge < -0.3 is 15.8 Å². The second kappa shape index (κ2) is 9.71. The van der Waals surface area contributed by atoms with Gasteiger partial charge in [0.2, 0.25) is 11.8 Å². The van der Waals surface area contributed by atoms with Gasteiger partial charge >= 0.3 is 0 Å². The lowest BCUT2D eigenvalue weighted by atomic mass is 9.87. The van der Waals surface area contributed by atoms with Crippen LogP contribution in [0.3, 0.4) is 0 Å². The van der Waals surface area contributed by atoms with Crippen LogP contribution in [0.2, 0.25) is 0 Å². The lowest BCUT2D eigenvalue weighted by Gasteiger charge is -2.40. The first-order valence-electron chi connectivity index (χ1n) is 13.8. The monoisotopic (exact) mass is 517 g/mol. The highest BCUT2D eigenvalue weighted by molar-refractivity contribution is 6.00. The lowest BCUT2D eigenvalue weighted by Crippen LogP contribution is -2.53. The maximum absolute atomic E-state index is 13.8. The van der Waals surface area contributed by atoms with E-state index >= 15 is 0 Å². The predicted molar refractivity (Wildman–Crippen MR) is 146 cm³/mol. The van der Waals surface area contributed by atoms with Gasteiger partial charge in [0.1, 0.15) is 11.4 Å². The molecule has 8 nitrogen and oxygen atoms in total. The van der Waals surface area contributed by atoms with Crippen LogP contribution >= 0.6 is 0 Å². The van der Waals surface area contributed by atoms with Crippen molar-refractivity contribution in [3.8, 4) is 5.75 Å². The Labute approximate surface area is 225 Å². The number of hydrogen-bond donors (Lipinski definition) is 2. The van der Waals surface area contributed by atoms with Crippen LogP contribution < -0.4 is 15.8 Å². The van der Waals surface area contributed by atoms with E-state index in [1.54, 1.807) is 17.3 Å². The molecule has 5 unspecified atom stereocenters. The fourth-order valence-electron chi connectivity index (χ4n) is 6.47. The molecule has 2 aliphatic heterocycles. The smallest absolute Gasteiger partial charge is 0.232 e. The zero-order chi connectivity index (χ0) is 27.2. The molecule has 3 N–H and O–H groups in total. The summed E-state index contributed by atoms with van der Waals surface area (Å²) in [4.78, 5) is 38.2. The number of aliphatic imine (C=N–C) groups is 1. The molecule has 8 heteroatoms. The largest absolute Gasteiger partial charge is 0.487 e. The number of carbonyl (C=O) groups is 2. The van der Waals surface area contributed by atoms with E-state index in [0.717, 1.165) is 29.7 Å². The summed E-state index contributed by atoms with van der Waals surface area (Å²) in [6.45, 7) is 10.2. The summed E-state index contributed by atoms with van der Waals surface area (Å²) in [5, 5.41) is 3.32. The normalized spacial score (nSPS) is 28.0. The predicted octanol–water partition coefficient (Wildman–Crippen LogP) is 4.53. The van der Waals surface area contributed by atoms with Crippen LogP contribution in [0.5, 0.6) is 5.75 Å². The number of aromatic nitrogens is 1. The zero-order valence-corrected chi connectivity index (χ0v) is 23.0. The van der Waals surface area contributed by atoms with E-state index in [4.69, 9.17) is 15.5 Å². The van der Waals surface area contributed by atoms with E-state index < -0.39 is 17.2 Å². The minimum atomic E-state index is -0.466.